The van der Waals surface area contributed by atoms with Crippen LogP contribution in [0.15, 0.2) is 12.1 Å². The second kappa shape index (κ2) is 7.06. The average Bonchev–Trinajstić information content (AvgIpc) is 2.33. The number of urea groups is 1. The maximum absolute atomic E-state index is 12.3. The van der Waals surface area contributed by atoms with Crippen LogP contribution in [0.1, 0.15) is 27.7 Å². The molecule has 118 valence electrons. The van der Waals surface area contributed by atoms with Crippen LogP contribution in [-0.2, 0) is 0 Å². The Hall–Kier alpha value is -2.11. The monoisotopic (exact) mass is 296 g/mol. The Kier molecular flexibility index (Phi) is 5.69. The summed E-state index contributed by atoms with van der Waals surface area (Å²) in [6, 6.07) is 2.08. The summed E-state index contributed by atoms with van der Waals surface area (Å²) in [6.07, 6.45) is 0. The number of carbonyl (C=O) groups is 1. The van der Waals surface area contributed by atoms with E-state index < -0.39 is 17.2 Å². The third-order valence-corrected chi connectivity index (χ3v) is 2.78. The van der Waals surface area contributed by atoms with Crippen LogP contribution in [0.25, 0.3) is 0 Å². The first kappa shape index (κ1) is 16.9. The Morgan fingerprint density at radius 2 is 1.48 bits per heavy atom. The molecule has 0 aliphatic carbocycles. The SMILES string of the molecule is CC(C)CN(CC(C)C)C(=O)Nc1cc(O)c(O)c(O)c1. The third-order valence-electron chi connectivity index (χ3n) is 2.78. The van der Waals surface area contributed by atoms with Crippen LogP contribution in [0.4, 0.5) is 10.5 Å². The molecule has 0 spiro atoms. The fraction of sp³-hybridized carbons (Fsp3) is 0.533. The second-order valence-corrected chi connectivity index (χ2v) is 5.99. The van der Waals surface area contributed by atoms with Gasteiger partial charge in [-0.1, -0.05) is 27.7 Å². The van der Waals surface area contributed by atoms with Gasteiger partial charge in [-0.3, -0.25) is 0 Å². The van der Waals surface area contributed by atoms with Crippen molar-refractivity contribution >= 4 is 11.7 Å². The first-order valence-electron chi connectivity index (χ1n) is 7.01. The van der Waals surface area contributed by atoms with Crippen molar-refractivity contribution in [2.75, 3.05) is 18.4 Å². The lowest BCUT2D eigenvalue weighted by Gasteiger charge is -2.26. The summed E-state index contributed by atoms with van der Waals surface area (Å²) in [7, 11) is 0. The Morgan fingerprint density at radius 3 is 1.86 bits per heavy atom. The molecule has 0 fully saturated rings. The lowest BCUT2D eigenvalue weighted by atomic mass is 10.1. The minimum atomic E-state index is -0.603. The molecule has 0 bridgehead atoms. The van der Waals surface area contributed by atoms with Gasteiger partial charge in [0.1, 0.15) is 0 Å². The van der Waals surface area contributed by atoms with Crippen LogP contribution < -0.4 is 5.32 Å². The van der Waals surface area contributed by atoms with Crippen molar-refractivity contribution in [1.82, 2.24) is 4.90 Å². The van der Waals surface area contributed by atoms with Crippen molar-refractivity contribution in [3.05, 3.63) is 12.1 Å². The first-order chi connectivity index (χ1) is 9.70. The number of benzene rings is 1. The molecule has 1 rings (SSSR count). The minimum Gasteiger partial charge on any atom is -0.504 e. The van der Waals surface area contributed by atoms with Gasteiger partial charge in [-0.2, -0.15) is 0 Å². The summed E-state index contributed by atoms with van der Waals surface area (Å²) >= 11 is 0. The van der Waals surface area contributed by atoms with E-state index in [1.54, 1.807) is 4.90 Å². The molecule has 0 aliphatic heterocycles. The van der Waals surface area contributed by atoms with E-state index in [0.29, 0.717) is 24.9 Å². The number of rotatable bonds is 5. The van der Waals surface area contributed by atoms with Gasteiger partial charge in [0.25, 0.3) is 0 Å². The zero-order valence-corrected chi connectivity index (χ0v) is 12.9. The molecular weight excluding hydrogens is 272 g/mol. The first-order valence-corrected chi connectivity index (χ1v) is 7.01. The second-order valence-electron chi connectivity index (χ2n) is 5.99. The van der Waals surface area contributed by atoms with Crippen LogP contribution in [0.2, 0.25) is 0 Å². The van der Waals surface area contributed by atoms with Gasteiger partial charge in [0.15, 0.2) is 17.2 Å². The predicted molar refractivity (Wildman–Crippen MR) is 81.7 cm³/mol. The number of aromatic hydroxyl groups is 3. The average molecular weight is 296 g/mol. The number of amides is 2. The highest BCUT2D eigenvalue weighted by Crippen LogP contribution is 2.37. The number of nitrogens with zero attached hydrogens (tertiary/aromatic N) is 1. The van der Waals surface area contributed by atoms with Gasteiger partial charge < -0.3 is 25.5 Å². The normalized spacial score (nSPS) is 11.0. The predicted octanol–water partition coefficient (Wildman–Crippen LogP) is 2.95. The Labute approximate surface area is 125 Å². The van der Waals surface area contributed by atoms with Crippen molar-refractivity contribution in [3.63, 3.8) is 0 Å². The highest BCUT2D eigenvalue weighted by atomic mass is 16.3. The Bertz CT molecular complexity index is 467. The smallest absolute Gasteiger partial charge is 0.321 e. The lowest BCUT2D eigenvalue weighted by Crippen LogP contribution is -2.39. The number of hydrogen-bond donors (Lipinski definition) is 4. The largest absolute Gasteiger partial charge is 0.504 e. The van der Waals surface area contributed by atoms with Gasteiger partial charge in [-0.25, -0.2) is 4.79 Å². The van der Waals surface area contributed by atoms with Crippen LogP contribution in [0.5, 0.6) is 17.2 Å². The molecule has 21 heavy (non-hydrogen) atoms. The topological polar surface area (TPSA) is 93.0 Å². The van der Waals surface area contributed by atoms with Crippen LogP contribution in [0.3, 0.4) is 0 Å². The lowest BCUT2D eigenvalue weighted by molar-refractivity contribution is 0.196. The summed E-state index contributed by atoms with van der Waals surface area (Å²) < 4.78 is 0. The summed E-state index contributed by atoms with van der Waals surface area (Å²) in [5, 5.41) is 30.8. The van der Waals surface area contributed by atoms with Crippen molar-refractivity contribution in [3.8, 4) is 17.2 Å². The van der Waals surface area contributed by atoms with E-state index in [9.17, 15) is 20.1 Å². The van der Waals surface area contributed by atoms with E-state index in [4.69, 9.17) is 0 Å². The number of nitrogens with one attached hydrogen (secondary N) is 1. The van der Waals surface area contributed by atoms with Gasteiger partial charge in [0.05, 0.1) is 5.69 Å². The highest BCUT2D eigenvalue weighted by Gasteiger charge is 2.17. The van der Waals surface area contributed by atoms with Crippen LogP contribution >= 0.6 is 0 Å². The zero-order valence-electron chi connectivity index (χ0n) is 12.9. The van der Waals surface area contributed by atoms with Crippen LogP contribution in [-0.4, -0.2) is 39.3 Å². The molecule has 6 nitrogen and oxygen atoms in total. The fourth-order valence-corrected chi connectivity index (χ4v) is 2.00. The summed E-state index contributed by atoms with van der Waals surface area (Å²) in [5.74, 6) is -0.907. The molecule has 0 heterocycles. The molecule has 0 radical (unpaired) electrons. The van der Waals surface area contributed by atoms with Crippen molar-refractivity contribution in [1.29, 1.82) is 0 Å². The third kappa shape index (κ3) is 5.06. The number of phenols is 3. The summed E-state index contributed by atoms with van der Waals surface area (Å²) in [4.78, 5) is 14.0. The molecule has 1 aromatic carbocycles. The highest BCUT2D eigenvalue weighted by molar-refractivity contribution is 5.90. The van der Waals surface area contributed by atoms with Gasteiger partial charge in [-0.05, 0) is 11.8 Å². The molecule has 2 amide bonds. The number of phenolic OH excluding ortho intramolecular Hbond substituents is 3. The zero-order chi connectivity index (χ0) is 16.2. The molecular formula is C15H24N2O4. The molecule has 0 aliphatic rings. The quantitative estimate of drug-likeness (QED) is 0.496. The van der Waals surface area contributed by atoms with E-state index in [2.05, 4.69) is 5.32 Å². The summed E-state index contributed by atoms with van der Waals surface area (Å²) in [5.41, 5.74) is 0.227. The molecule has 0 atom stereocenters. The van der Waals surface area contributed by atoms with E-state index in [1.165, 1.54) is 12.1 Å². The molecule has 1 aromatic rings. The van der Waals surface area contributed by atoms with Gasteiger partial charge >= 0.3 is 6.03 Å². The van der Waals surface area contributed by atoms with Gasteiger partial charge in [0.2, 0.25) is 0 Å². The number of carbonyl (C=O) groups excluding carboxylic acids is 1. The van der Waals surface area contributed by atoms with E-state index >= 15 is 0 Å². The Balaban J connectivity index is 2.85. The van der Waals surface area contributed by atoms with Crippen molar-refractivity contribution in [2.45, 2.75) is 27.7 Å². The van der Waals surface area contributed by atoms with Crippen molar-refractivity contribution in [2.24, 2.45) is 11.8 Å². The standard InChI is InChI=1S/C15H24N2O4/c1-9(2)7-17(8-10(3)4)15(21)16-11-5-12(18)14(20)13(19)6-11/h5-6,9-10,18-20H,7-8H2,1-4H3,(H,16,21). The summed E-state index contributed by atoms with van der Waals surface area (Å²) in [6.45, 7) is 9.33. The van der Waals surface area contributed by atoms with E-state index in [1.807, 2.05) is 27.7 Å². The molecule has 0 saturated heterocycles. The fourth-order valence-electron chi connectivity index (χ4n) is 2.00. The molecule has 6 heteroatoms. The maximum Gasteiger partial charge on any atom is 0.321 e. The molecule has 0 aromatic heterocycles. The minimum absolute atomic E-state index is 0.227. The number of hydrogen-bond acceptors (Lipinski definition) is 4. The van der Waals surface area contributed by atoms with Crippen molar-refractivity contribution < 1.29 is 20.1 Å². The Morgan fingerprint density at radius 1 is 1.05 bits per heavy atom. The molecule has 4 N–H and O–H groups in total. The molecule has 0 saturated carbocycles. The van der Waals surface area contributed by atoms with E-state index in [-0.39, 0.29) is 11.7 Å². The maximum atomic E-state index is 12.3. The van der Waals surface area contributed by atoms with Gasteiger partial charge in [0, 0.05) is 25.2 Å². The number of anilines is 1. The van der Waals surface area contributed by atoms with Gasteiger partial charge in [-0.15, -0.1) is 0 Å². The molecule has 0 unspecified atom stereocenters. The van der Waals surface area contributed by atoms with Crippen LogP contribution in [0, 0.1) is 11.8 Å². The van der Waals surface area contributed by atoms with E-state index in [0.717, 1.165) is 0 Å².